The molecule has 0 radical (unpaired) electrons. The Labute approximate surface area is 167 Å². The second kappa shape index (κ2) is 7.90. The van der Waals surface area contributed by atoms with E-state index >= 15 is 0 Å². The molecule has 0 spiro atoms. The van der Waals surface area contributed by atoms with Crippen LogP contribution in [-0.4, -0.2) is 23.5 Å². The van der Waals surface area contributed by atoms with E-state index in [0.29, 0.717) is 28.6 Å². The minimum Gasteiger partial charge on any atom is -0.493 e. The first kappa shape index (κ1) is 19.1. The zero-order valence-electron chi connectivity index (χ0n) is 14.8. The van der Waals surface area contributed by atoms with Crippen molar-refractivity contribution in [1.82, 2.24) is 5.32 Å². The van der Waals surface area contributed by atoms with Gasteiger partial charge in [-0.25, -0.2) is 0 Å². The molecule has 0 aromatic heterocycles. The molecule has 2 aromatic carbocycles. The Hall–Kier alpha value is -2.70. The Morgan fingerprint density at radius 3 is 2.67 bits per heavy atom. The van der Waals surface area contributed by atoms with E-state index in [4.69, 9.17) is 28.6 Å². The van der Waals surface area contributed by atoms with Crippen LogP contribution in [0.2, 0.25) is 5.02 Å². The highest BCUT2D eigenvalue weighted by atomic mass is 35.5. The third-order valence-electron chi connectivity index (χ3n) is 4.03. The predicted molar refractivity (Wildman–Crippen MR) is 110 cm³/mol. The highest BCUT2D eigenvalue weighted by Crippen LogP contribution is 2.28. The molecule has 1 aliphatic rings. The number of carbonyl (C=O) groups is 2. The summed E-state index contributed by atoms with van der Waals surface area (Å²) in [7, 11) is 0. The summed E-state index contributed by atoms with van der Waals surface area (Å²) in [6.45, 7) is 4.20. The number of thiocarbonyl (C=S) groups is 1. The van der Waals surface area contributed by atoms with Gasteiger partial charge in [-0.15, -0.1) is 0 Å². The van der Waals surface area contributed by atoms with Crippen molar-refractivity contribution >= 4 is 52.5 Å². The minimum absolute atomic E-state index is 0.0140. The number of benzene rings is 2. The first-order valence-electron chi connectivity index (χ1n) is 8.31. The number of para-hydroxylation sites is 1. The van der Waals surface area contributed by atoms with Crippen LogP contribution in [0.25, 0.3) is 6.08 Å². The summed E-state index contributed by atoms with van der Waals surface area (Å²) >= 11 is 11.4. The van der Waals surface area contributed by atoms with Crippen LogP contribution in [0.3, 0.4) is 0 Å². The molecule has 0 bridgehead atoms. The van der Waals surface area contributed by atoms with Crippen LogP contribution in [-0.2, 0) is 9.59 Å². The van der Waals surface area contributed by atoms with Gasteiger partial charge in [-0.3, -0.25) is 19.8 Å². The molecule has 0 saturated carbocycles. The first-order chi connectivity index (χ1) is 12.9. The van der Waals surface area contributed by atoms with E-state index < -0.39 is 11.8 Å². The smallest absolute Gasteiger partial charge is 0.270 e. The molecule has 3 rings (SSSR count). The Kier molecular flexibility index (Phi) is 5.58. The average molecular weight is 401 g/mol. The van der Waals surface area contributed by atoms with Gasteiger partial charge in [0.25, 0.3) is 11.8 Å². The van der Waals surface area contributed by atoms with Crippen molar-refractivity contribution in [3.8, 4) is 5.75 Å². The van der Waals surface area contributed by atoms with Crippen molar-refractivity contribution < 1.29 is 14.3 Å². The summed E-state index contributed by atoms with van der Waals surface area (Å²) in [4.78, 5) is 26.7. The number of amides is 2. The topological polar surface area (TPSA) is 58.6 Å². The van der Waals surface area contributed by atoms with Crippen molar-refractivity contribution in [3.63, 3.8) is 0 Å². The molecule has 5 nitrogen and oxygen atoms in total. The highest BCUT2D eigenvalue weighted by Gasteiger charge is 2.34. The van der Waals surface area contributed by atoms with Crippen LogP contribution in [0.1, 0.15) is 18.1 Å². The number of carbonyl (C=O) groups excluding carboxylic acids is 2. The fourth-order valence-electron chi connectivity index (χ4n) is 2.66. The molecular weight excluding hydrogens is 384 g/mol. The van der Waals surface area contributed by atoms with E-state index in [-0.39, 0.29) is 10.7 Å². The van der Waals surface area contributed by atoms with Gasteiger partial charge in [0, 0.05) is 10.6 Å². The maximum Gasteiger partial charge on any atom is 0.270 e. The number of nitrogens with one attached hydrogen (secondary N) is 1. The van der Waals surface area contributed by atoms with Gasteiger partial charge in [0.1, 0.15) is 11.3 Å². The van der Waals surface area contributed by atoms with Crippen LogP contribution < -0.4 is 15.0 Å². The molecule has 7 heteroatoms. The van der Waals surface area contributed by atoms with Crippen LogP contribution in [0, 0.1) is 6.92 Å². The van der Waals surface area contributed by atoms with E-state index in [9.17, 15) is 9.59 Å². The molecule has 1 saturated heterocycles. The predicted octanol–water partition coefficient (Wildman–Crippen LogP) is 3.88. The van der Waals surface area contributed by atoms with Crippen molar-refractivity contribution in [2.24, 2.45) is 0 Å². The fourth-order valence-corrected chi connectivity index (χ4v) is 3.11. The maximum absolute atomic E-state index is 13.0. The lowest BCUT2D eigenvalue weighted by atomic mass is 10.1. The van der Waals surface area contributed by atoms with Crippen molar-refractivity contribution in [1.29, 1.82) is 0 Å². The number of aryl methyl sites for hydroxylation is 1. The van der Waals surface area contributed by atoms with Gasteiger partial charge in [-0.05, 0) is 55.9 Å². The van der Waals surface area contributed by atoms with Crippen LogP contribution >= 0.6 is 23.8 Å². The summed E-state index contributed by atoms with van der Waals surface area (Å²) in [5.74, 6) is -0.480. The average Bonchev–Trinajstić information content (AvgIpc) is 2.63. The highest BCUT2D eigenvalue weighted by molar-refractivity contribution is 7.80. The molecule has 0 aliphatic carbocycles. The lowest BCUT2D eigenvalue weighted by Crippen LogP contribution is -2.54. The molecule has 138 valence electrons. The van der Waals surface area contributed by atoms with E-state index in [0.717, 1.165) is 5.56 Å². The standard InChI is InChI=1S/C20H17ClN2O3S/c1-3-26-17-7-5-4-6-13(17)10-15-18(24)22-20(27)23(19(15)25)14-9-8-12(2)16(21)11-14/h4-11H,3H2,1-2H3,(H,22,24,27)/b15-10+. The minimum atomic E-state index is -0.550. The molecule has 1 heterocycles. The van der Waals surface area contributed by atoms with Crippen LogP contribution in [0.15, 0.2) is 48.0 Å². The van der Waals surface area contributed by atoms with Gasteiger partial charge in [0.05, 0.1) is 12.3 Å². The van der Waals surface area contributed by atoms with E-state index in [1.54, 1.807) is 30.3 Å². The zero-order chi connectivity index (χ0) is 19.6. The first-order valence-corrected chi connectivity index (χ1v) is 9.10. The Morgan fingerprint density at radius 2 is 1.96 bits per heavy atom. The second-order valence-corrected chi connectivity index (χ2v) is 6.66. The van der Waals surface area contributed by atoms with E-state index in [1.165, 1.54) is 11.0 Å². The zero-order valence-corrected chi connectivity index (χ0v) is 16.4. The second-order valence-electron chi connectivity index (χ2n) is 5.86. The summed E-state index contributed by atoms with van der Waals surface area (Å²) in [6, 6.07) is 12.4. The SMILES string of the molecule is CCOc1ccccc1/C=C1\C(=O)NC(=S)N(c2ccc(C)c(Cl)c2)C1=O. The Balaban J connectivity index is 2.04. The van der Waals surface area contributed by atoms with Gasteiger partial charge in [-0.2, -0.15) is 0 Å². The number of rotatable bonds is 4. The van der Waals surface area contributed by atoms with Crippen molar-refractivity contribution in [2.75, 3.05) is 11.5 Å². The maximum atomic E-state index is 13.0. The summed E-state index contributed by atoms with van der Waals surface area (Å²) in [5, 5.41) is 3.08. The molecule has 1 fully saturated rings. The van der Waals surface area contributed by atoms with Gasteiger partial charge in [0.2, 0.25) is 0 Å². The lowest BCUT2D eigenvalue weighted by molar-refractivity contribution is -0.122. The summed E-state index contributed by atoms with van der Waals surface area (Å²) < 4.78 is 5.57. The lowest BCUT2D eigenvalue weighted by Gasteiger charge is -2.29. The molecule has 0 atom stereocenters. The number of ether oxygens (including phenoxy) is 1. The molecule has 1 aliphatic heterocycles. The quantitative estimate of drug-likeness (QED) is 0.480. The van der Waals surface area contributed by atoms with Gasteiger partial charge < -0.3 is 4.74 Å². The van der Waals surface area contributed by atoms with E-state index in [2.05, 4.69) is 5.32 Å². The normalized spacial score (nSPS) is 15.9. The third kappa shape index (κ3) is 3.86. The fraction of sp³-hybridized carbons (Fsp3) is 0.150. The van der Waals surface area contributed by atoms with Gasteiger partial charge in [0.15, 0.2) is 5.11 Å². The molecule has 1 N–H and O–H groups in total. The van der Waals surface area contributed by atoms with Gasteiger partial charge >= 0.3 is 0 Å². The molecular formula is C20H17ClN2O3S. The summed E-state index contributed by atoms with van der Waals surface area (Å²) in [5.41, 5.74) is 1.96. The number of nitrogens with zero attached hydrogens (tertiary/aromatic N) is 1. The molecule has 27 heavy (non-hydrogen) atoms. The molecule has 2 amide bonds. The summed E-state index contributed by atoms with van der Waals surface area (Å²) in [6.07, 6.45) is 1.51. The molecule has 0 unspecified atom stereocenters. The third-order valence-corrected chi connectivity index (χ3v) is 4.73. The Morgan fingerprint density at radius 1 is 1.22 bits per heavy atom. The van der Waals surface area contributed by atoms with Crippen molar-refractivity contribution in [3.05, 3.63) is 64.2 Å². The van der Waals surface area contributed by atoms with Crippen LogP contribution in [0.4, 0.5) is 5.69 Å². The van der Waals surface area contributed by atoms with Crippen molar-refractivity contribution in [2.45, 2.75) is 13.8 Å². The van der Waals surface area contributed by atoms with E-state index in [1.807, 2.05) is 26.0 Å². The number of anilines is 1. The van der Waals surface area contributed by atoms with Gasteiger partial charge in [-0.1, -0.05) is 35.9 Å². The number of halogens is 1. The largest absolute Gasteiger partial charge is 0.493 e. The monoisotopic (exact) mass is 400 g/mol. The Bertz CT molecular complexity index is 971. The number of hydrogen-bond acceptors (Lipinski definition) is 4. The number of hydrogen-bond donors (Lipinski definition) is 1. The van der Waals surface area contributed by atoms with Crippen LogP contribution in [0.5, 0.6) is 5.75 Å². The molecule has 2 aromatic rings.